The molecule has 3 aromatic carbocycles. The van der Waals surface area contributed by atoms with Crippen LogP contribution in [-0.4, -0.2) is 24.1 Å². The van der Waals surface area contributed by atoms with Crippen molar-refractivity contribution in [2.75, 3.05) is 16.8 Å². The molecule has 31 heavy (non-hydrogen) atoms. The molecule has 2 amide bonds. The average molecular weight is 432 g/mol. The first-order chi connectivity index (χ1) is 14.9. The van der Waals surface area contributed by atoms with Crippen LogP contribution in [0.4, 0.5) is 17.1 Å². The molecule has 4 rings (SSSR count). The molecule has 5 nitrogen and oxygen atoms in total. The summed E-state index contributed by atoms with van der Waals surface area (Å²) < 4.78 is 0. The fourth-order valence-corrected chi connectivity index (χ4v) is 3.77. The molecular weight excluding hydrogens is 410 g/mol. The number of anilines is 2. The molecule has 3 aromatic rings. The van der Waals surface area contributed by atoms with Gasteiger partial charge < -0.3 is 10.2 Å². The highest BCUT2D eigenvalue weighted by molar-refractivity contribution is 6.33. The number of hydrogen-bond donors (Lipinski definition) is 1. The van der Waals surface area contributed by atoms with Gasteiger partial charge in [-0.25, -0.2) is 0 Å². The minimum atomic E-state index is -0.326. The predicted molar refractivity (Wildman–Crippen MR) is 126 cm³/mol. The molecule has 156 valence electrons. The van der Waals surface area contributed by atoms with Gasteiger partial charge in [-0.3, -0.25) is 14.6 Å². The van der Waals surface area contributed by atoms with Crippen LogP contribution in [0.15, 0.2) is 71.7 Å². The lowest BCUT2D eigenvalue weighted by atomic mass is 10.1. The number of aliphatic imine (C=N–C) groups is 1. The molecule has 0 aliphatic carbocycles. The van der Waals surface area contributed by atoms with Crippen LogP contribution in [-0.2, 0) is 9.59 Å². The van der Waals surface area contributed by atoms with E-state index in [0.29, 0.717) is 27.8 Å². The van der Waals surface area contributed by atoms with E-state index in [1.54, 1.807) is 18.2 Å². The molecule has 0 radical (unpaired) electrons. The van der Waals surface area contributed by atoms with Crippen LogP contribution < -0.4 is 10.2 Å². The molecule has 0 saturated heterocycles. The van der Waals surface area contributed by atoms with Crippen LogP contribution in [0.2, 0.25) is 5.02 Å². The minimum Gasteiger partial charge on any atom is -0.323 e. The molecule has 1 aliphatic rings. The van der Waals surface area contributed by atoms with Crippen molar-refractivity contribution in [2.45, 2.75) is 20.3 Å². The number of nitrogens with zero attached hydrogens (tertiary/aromatic N) is 2. The number of carbonyl (C=O) groups excluding carboxylic acids is 2. The maximum absolute atomic E-state index is 13.2. The molecule has 0 spiro atoms. The average Bonchev–Trinajstić information content (AvgIpc) is 2.87. The second kappa shape index (κ2) is 8.74. The third-order valence-electron chi connectivity index (χ3n) is 5.13. The van der Waals surface area contributed by atoms with Crippen molar-refractivity contribution in [3.63, 3.8) is 0 Å². The summed E-state index contributed by atoms with van der Waals surface area (Å²) in [7, 11) is 0. The van der Waals surface area contributed by atoms with Crippen LogP contribution in [0.1, 0.15) is 23.1 Å². The number of nitrogens with one attached hydrogen (secondary N) is 1. The summed E-state index contributed by atoms with van der Waals surface area (Å²) >= 11 is 6.24. The van der Waals surface area contributed by atoms with Gasteiger partial charge in [0.2, 0.25) is 11.8 Å². The highest BCUT2D eigenvalue weighted by Gasteiger charge is 2.26. The molecule has 0 aromatic heterocycles. The lowest BCUT2D eigenvalue weighted by molar-refractivity contribution is -0.120. The fourth-order valence-electron chi connectivity index (χ4n) is 3.49. The van der Waals surface area contributed by atoms with Crippen LogP contribution >= 0.6 is 11.6 Å². The first-order valence-electron chi connectivity index (χ1n) is 10.0. The van der Waals surface area contributed by atoms with Crippen molar-refractivity contribution in [3.8, 4) is 0 Å². The Bertz CT molecular complexity index is 1190. The summed E-state index contributed by atoms with van der Waals surface area (Å²) in [5.74, 6) is -0.512. The monoisotopic (exact) mass is 431 g/mol. The number of amides is 2. The molecule has 0 bridgehead atoms. The van der Waals surface area contributed by atoms with Crippen LogP contribution in [0.25, 0.3) is 0 Å². The summed E-state index contributed by atoms with van der Waals surface area (Å²) in [6, 6.07) is 20.7. The molecule has 0 atom stereocenters. The number of aryl methyl sites for hydroxylation is 2. The Kier molecular flexibility index (Phi) is 5.87. The van der Waals surface area contributed by atoms with E-state index in [1.807, 2.05) is 62.4 Å². The normalized spacial score (nSPS) is 13.3. The first kappa shape index (κ1) is 20.8. The van der Waals surface area contributed by atoms with Gasteiger partial charge in [-0.05, 0) is 49.2 Å². The molecule has 0 fully saturated rings. The predicted octanol–water partition coefficient (Wildman–Crippen LogP) is 5.45. The van der Waals surface area contributed by atoms with Crippen LogP contribution in [0.3, 0.4) is 0 Å². The topological polar surface area (TPSA) is 61.8 Å². The number of benzene rings is 3. The molecule has 1 aliphatic heterocycles. The quantitative estimate of drug-likeness (QED) is 0.596. The summed E-state index contributed by atoms with van der Waals surface area (Å²) in [6.07, 6.45) is 0.107. The number of hydrogen-bond acceptors (Lipinski definition) is 3. The zero-order valence-corrected chi connectivity index (χ0v) is 18.1. The molecule has 6 heteroatoms. The zero-order chi connectivity index (χ0) is 22.0. The van der Waals surface area contributed by atoms with E-state index in [2.05, 4.69) is 5.32 Å². The van der Waals surface area contributed by atoms with E-state index in [1.165, 1.54) is 4.90 Å². The summed E-state index contributed by atoms with van der Waals surface area (Å²) in [5.41, 5.74) is 5.50. The molecular formula is C25H22ClN3O2. The number of halogens is 1. The van der Waals surface area contributed by atoms with E-state index in [9.17, 15) is 9.59 Å². The smallest absolute Gasteiger partial charge is 0.244 e. The lowest BCUT2D eigenvalue weighted by Crippen LogP contribution is -2.38. The maximum atomic E-state index is 13.2. The van der Waals surface area contributed by atoms with Crippen molar-refractivity contribution in [1.82, 2.24) is 0 Å². The van der Waals surface area contributed by atoms with Crippen molar-refractivity contribution < 1.29 is 9.59 Å². The van der Waals surface area contributed by atoms with Gasteiger partial charge in [0.05, 0.1) is 34.2 Å². The molecule has 0 saturated carbocycles. The highest BCUT2D eigenvalue weighted by atomic mass is 35.5. The Labute approximate surface area is 186 Å². The number of rotatable bonds is 4. The number of para-hydroxylation sites is 2. The van der Waals surface area contributed by atoms with E-state index in [4.69, 9.17) is 16.6 Å². The first-order valence-corrected chi connectivity index (χ1v) is 10.4. The third kappa shape index (κ3) is 4.67. The SMILES string of the molecule is Cc1ccc(C2=Nc3ccccc3N(CC(=O)Nc3ccc(C)cc3Cl)C(=O)C2)cc1. The molecule has 0 unspecified atom stereocenters. The van der Waals surface area contributed by atoms with Crippen LogP contribution in [0, 0.1) is 13.8 Å². The van der Waals surface area contributed by atoms with Crippen molar-refractivity contribution >= 4 is 46.2 Å². The molecule has 1 heterocycles. The molecule has 1 N–H and O–H groups in total. The van der Waals surface area contributed by atoms with Crippen molar-refractivity contribution in [2.24, 2.45) is 4.99 Å². The second-order valence-corrected chi connectivity index (χ2v) is 8.01. The van der Waals surface area contributed by atoms with Gasteiger partial charge in [0.25, 0.3) is 0 Å². The van der Waals surface area contributed by atoms with Gasteiger partial charge in [-0.15, -0.1) is 0 Å². The summed E-state index contributed by atoms with van der Waals surface area (Å²) in [4.78, 5) is 32.2. The Morgan fingerprint density at radius 1 is 1.03 bits per heavy atom. The Morgan fingerprint density at radius 2 is 1.74 bits per heavy atom. The third-order valence-corrected chi connectivity index (χ3v) is 5.45. The van der Waals surface area contributed by atoms with E-state index in [-0.39, 0.29) is 24.8 Å². The van der Waals surface area contributed by atoms with E-state index < -0.39 is 0 Å². The lowest BCUT2D eigenvalue weighted by Gasteiger charge is -2.22. The van der Waals surface area contributed by atoms with Crippen molar-refractivity contribution in [3.05, 3.63) is 88.4 Å². The van der Waals surface area contributed by atoms with Crippen LogP contribution in [0.5, 0.6) is 0 Å². The second-order valence-electron chi connectivity index (χ2n) is 7.60. The minimum absolute atomic E-state index is 0.107. The standard InChI is InChI=1S/C25H22ClN3O2/c1-16-7-10-18(11-8-16)22-14-25(31)29(23-6-4-3-5-21(23)27-22)15-24(30)28-20-12-9-17(2)13-19(20)26/h3-13H,14-15H2,1-2H3,(H,28,30). The van der Waals surface area contributed by atoms with Gasteiger partial charge in [0, 0.05) is 0 Å². The Balaban J connectivity index is 1.60. The van der Waals surface area contributed by atoms with E-state index >= 15 is 0 Å². The Morgan fingerprint density at radius 3 is 2.48 bits per heavy atom. The zero-order valence-electron chi connectivity index (χ0n) is 17.4. The van der Waals surface area contributed by atoms with Crippen molar-refractivity contribution in [1.29, 1.82) is 0 Å². The van der Waals surface area contributed by atoms with Gasteiger partial charge in [-0.2, -0.15) is 0 Å². The maximum Gasteiger partial charge on any atom is 0.244 e. The Hall–Kier alpha value is -3.44. The number of fused-ring (bicyclic) bond motifs is 1. The number of carbonyl (C=O) groups is 2. The van der Waals surface area contributed by atoms with E-state index in [0.717, 1.165) is 16.7 Å². The van der Waals surface area contributed by atoms with Gasteiger partial charge >= 0.3 is 0 Å². The highest BCUT2D eigenvalue weighted by Crippen LogP contribution is 2.33. The fraction of sp³-hybridized carbons (Fsp3) is 0.160. The van der Waals surface area contributed by atoms with Gasteiger partial charge in [0.1, 0.15) is 6.54 Å². The summed E-state index contributed by atoms with van der Waals surface area (Å²) in [5, 5.41) is 3.26. The summed E-state index contributed by atoms with van der Waals surface area (Å²) in [6.45, 7) is 3.81. The largest absolute Gasteiger partial charge is 0.323 e. The van der Waals surface area contributed by atoms with Gasteiger partial charge in [-0.1, -0.05) is 59.6 Å². The van der Waals surface area contributed by atoms with Gasteiger partial charge in [0.15, 0.2) is 0 Å².